The number of hydrogen-bond donors (Lipinski definition) is 3. The summed E-state index contributed by atoms with van der Waals surface area (Å²) in [5, 5.41) is 5.94. The lowest BCUT2D eigenvalue weighted by Gasteiger charge is -2.29. The van der Waals surface area contributed by atoms with Crippen LogP contribution in [-0.4, -0.2) is 40.2 Å². The van der Waals surface area contributed by atoms with Crippen molar-refractivity contribution >= 4 is 40.6 Å². The molecule has 1 heterocycles. The summed E-state index contributed by atoms with van der Waals surface area (Å²) in [5.41, 5.74) is 6.56. The van der Waals surface area contributed by atoms with Crippen molar-refractivity contribution in [1.29, 1.82) is 0 Å². The van der Waals surface area contributed by atoms with Crippen LogP contribution in [0.15, 0.2) is 24.3 Å². The van der Waals surface area contributed by atoms with Gasteiger partial charge in [-0.3, -0.25) is 19.3 Å². The van der Waals surface area contributed by atoms with E-state index in [0.29, 0.717) is 5.69 Å². The molecule has 4 N–H and O–H groups in total. The molecule has 2 saturated carbocycles. The minimum Gasteiger partial charge on any atom is -0.395 e. The van der Waals surface area contributed by atoms with Crippen LogP contribution in [0, 0.1) is 5.82 Å². The fourth-order valence-electron chi connectivity index (χ4n) is 4.68. The van der Waals surface area contributed by atoms with Crippen LogP contribution in [0.4, 0.5) is 15.8 Å². The molecule has 1 aromatic carbocycles. The van der Waals surface area contributed by atoms with Crippen molar-refractivity contribution in [3.8, 4) is 0 Å². The number of hydrogen-bond acceptors (Lipinski definition) is 6. The second kappa shape index (κ2) is 10.5. The molecule has 3 amide bonds. The largest absolute Gasteiger partial charge is 0.395 e. The van der Waals surface area contributed by atoms with E-state index in [1.54, 1.807) is 6.92 Å². The van der Waals surface area contributed by atoms with Crippen molar-refractivity contribution in [3.05, 3.63) is 40.7 Å². The topological polar surface area (TPSA) is 117 Å². The summed E-state index contributed by atoms with van der Waals surface area (Å²) in [4.78, 5) is 40.7. The van der Waals surface area contributed by atoms with E-state index >= 15 is 0 Å². The molecular formula is C24H30FN5O3S. The highest BCUT2D eigenvalue weighted by Crippen LogP contribution is 2.29. The van der Waals surface area contributed by atoms with E-state index in [0.717, 1.165) is 62.9 Å². The van der Waals surface area contributed by atoms with E-state index in [4.69, 9.17) is 5.73 Å². The smallest absolute Gasteiger partial charge is 0.273 e. The molecule has 34 heavy (non-hydrogen) atoms. The second-order valence-electron chi connectivity index (χ2n) is 9.05. The van der Waals surface area contributed by atoms with Gasteiger partial charge in [0.15, 0.2) is 5.69 Å². The molecule has 2 aliphatic rings. The molecule has 10 heteroatoms. The number of rotatable bonds is 7. The van der Waals surface area contributed by atoms with Gasteiger partial charge in [0.05, 0.1) is 5.69 Å². The number of carbonyl (C=O) groups is 3. The van der Waals surface area contributed by atoms with Crippen LogP contribution in [0.5, 0.6) is 0 Å². The molecule has 0 radical (unpaired) electrons. The first-order valence-electron chi connectivity index (χ1n) is 11.8. The van der Waals surface area contributed by atoms with Gasteiger partial charge in [-0.15, -0.1) is 0 Å². The highest BCUT2D eigenvalue weighted by Gasteiger charge is 2.34. The standard InChI is InChI=1S/C24H30FN5O3S/c1-14(22(31)27-16-6-2-3-7-16)30(18-12-10-15(25)11-13-18)24(33)21-19(26)20(29-34-21)23(32)28-17-8-4-5-9-17/h10-14,16-17H,2-9,26H2,1H3,(H,27,31)(H,28,32)/t14-/m0/s1. The minimum absolute atomic E-state index is 0.0130. The summed E-state index contributed by atoms with van der Waals surface area (Å²) in [5.74, 6) is -1.72. The van der Waals surface area contributed by atoms with Crippen LogP contribution in [-0.2, 0) is 4.79 Å². The molecule has 0 unspecified atom stereocenters. The number of nitrogens with one attached hydrogen (secondary N) is 2. The van der Waals surface area contributed by atoms with Gasteiger partial charge in [-0.2, -0.15) is 4.37 Å². The van der Waals surface area contributed by atoms with Crippen molar-refractivity contribution in [2.75, 3.05) is 10.6 Å². The monoisotopic (exact) mass is 487 g/mol. The van der Waals surface area contributed by atoms with Gasteiger partial charge in [0.1, 0.15) is 16.7 Å². The number of nitrogens with zero attached hydrogens (tertiary/aromatic N) is 2. The SMILES string of the molecule is C[C@@H](C(=O)NC1CCCC1)N(C(=O)c1snc(C(=O)NC2CCCC2)c1N)c1ccc(F)cc1. The van der Waals surface area contributed by atoms with Crippen molar-refractivity contribution in [2.45, 2.75) is 76.4 Å². The van der Waals surface area contributed by atoms with Crippen LogP contribution < -0.4 is 21.3 Å². The van der Waals surface area contributed by atoms with Crippen LogP contribution in [0.3, 0.4) is 0 Å². The molecule has 2 aliphatic carbocycles. The predicted octanol–water partition coefficient (Wildman–Crippen LogP) is 3.63. The van der Waals surface area contributed by atoms with Crippen molar-refractivity contribution in [2.24, 2.45) is 0 Å². The number of anilines is 2. The maximum atomic E-state index is 13.6. The van der Waals surface area contributed by atoms with Crippen LogP contribution in [0.25, 0.3) is 0 Å². The molecule has 1 atom stereocenters. The molecule has 8 nitrogen and oxygen atoms in total. The maximum Gasteiger partial charge on any atom is 0.273 e. The van der Waals surface area contributed by atoms with Crippen LogP contribution in [0.2, 0.25) is 0 Å². The zero-order chi connectivity index (χ0) is 24.2. The Bertz CT molecular complexity index is 1050. The third kappa shape index (κ3) is 5.22. The van der Waals surface area contributed by atoms with E-state index in [1.807, 2.05) is 0 Å². The van der Waals surface area contributed by atoms with Gasteiger partial charge in [-0.1, -0.05) is 25.7 Å². The number of carbonyl (C=O) groups excluding carboxylic acids is 3. The summed E-state index contributed by atoms with van der Waals surface area (Å²) < 4.78 is 17.7. The Kier molecular flexibility index (Phi) is 7.45. The summed E-state index contributed by atoms with van der Waals surface area (Å²) in [6.45, 7) is 1.62. The Balaban J connectivity index is 1.58. The minimum atomic E-state index is -0.879. The summed E-state index contributed by atoms with van der Waals surface area (Å²) in [6, 6.07) is 4.63. The van der Waals surface area contributed by atoms with E-state index in [1.165, 1.54) is 29.2 Å². The highest BCUT2D eigenvalue weighted by atomic mass is 32.1. The zero-order valence-corrected chi connectivity index (χ0v) is 20.0. The third-order valence-corrected chi connectivity index (χ3v) is 7.47. The maximum absolute atomic E-state index is 13.6. The lowest BCUT2D eigenvalue weighted by Crippen LogP contribution is -2.50. The molecule has 2 fully saturated rings. The third-order valence-electron chi connectivity index (χ3n) is 6.62. The average Bonchev–Trinajstić information content (AvgIpc) is 3.58. The number of halogens is 1. The number of amides is 3. The van der Waals surface area contributed by atoms with E-state index < -0.39 is 23.7 Å². The molecule has 0 saturated heterocycles. The summed E-state index contributed by atoms with van der Waals surface area (Å²) in [7, 11) is 0. The molecule has 4 rings (SSSR count). The van der Waals surface area contributed by atoms with E-state index in [2.05, 4.69) is 15.0 Å². The molecule has 1 aromatic heterocycles. The highest BCUT2D eigenvalue weighted by molar-refractivity contribution is 7.09. The number of aromatic nitrogens is 1. The molecular weight excluding hydrogens is 457 g/mol. The van der Waals surface area contributed by atoms with Gasteiger partial charge < -0.3 is 16.4 Å². The number of benzene rings is 1. The van der Waals surface area contributed by atoms with Crippen molar-refractivity contribution < 1.29 is 18.8 Å². The summed E-state index contributed by atoms with van der Waals surface area (Å²) >= 11 is 0.826. The van der Waals surface area contributed by atoms with Crippen molar-refractivity contribution in [1.82, 2.24) is 15.0 Å². The first-order valence-corrected chi connectivity index (χ1v) is 12.6. The number of nitrogen functional groups attached to an aromatic ring is 1. The lowest BCUT2D eigenvalue weighted by atomic mass is 10.1. The lowest BCUT2D eigenvalue weighted by molar-refractivity contribution is -0.122. The van der Waals surface area contributed by atoms with Gasteiger partial charge in [0, 0.05) is 17.8 Å². The first kappa shape index (κ1) is 24.1. The fourth-order valence-corrected chi connectivity index (χ4v) is 5.41. The zero-order valence-electron chi connectivity index (χ0n) is 19.2. The normalized spacial score (nSPS) is 17.5. The van der Waals surface area contributed by atoms with Crippen LogP contribution in [0.1, 0.15) is 78.5 Å². The Morgan fingerprint density at radius 3 is 2.18 bits per heavy atom. The van der Waals surface area contributed by atoms with Gasteiger partial charge in [0.25, 0.3) is 11.8 Å². The Morgan fingerprint density at radius 1 is 1.03 bits per heavy atom. The molecule has 0 bridgehead atoms. The molecule has 2 aromatic rings. The molecule has 182 valence electrons. The van der Waals surface area contributed by atoms with Gasteiger partial charge in [-0.25, -0.2) is 4.39 Å². The van der Waals surface area contributed by atoms with Gasteiger partial charge in [0.2, 0.25) is 5.91 Å². The average molecular weight is 488 g/mol. The second-order valence-corrected chi connectivity index (χ2v) is 9.82. The Hall–Kier alpha value is -3.01. The predicted molar refractivity (Wildman–Crippen MR) is 129 cm³/mol. The van der Waals surface area contributed by atoms with Gasteiger partial charge in [-0.05, 0) is 68.4 Å². The quantitative estimate of drug-likeness (QED) is 0.551. The van der Waals surface area contributed by atoms with E-state index in [9.17, 15) is 18.8 Å². The molecule has 0 spiro atoms. The Labute approximate surface area is 202 Å². The number of nitrogens with two attached hydrogens (primary N) is 1. The molecule has 0 aliphatic heterocycles. The van der Waals surface area contributed by atoms with Gasteiger partial charge >= 0.3 is 0 Å². The van der Waals surface area contributed by atoms with Crippen LogP contribution >= 0.6 is 11.5 Å². The van der Waals surface area contributed by atoms with E-state index in [-0.39, 0.29) is 34.2 Å². The fraction of sp³-hybridized carbons (Fsp3) is 0.500. The Morgan fingerprint density at radius 2 is 1.59 bits per heavy atom. The summed E-state index contributed by atoms with van der Waals surface area (Å²) in [6.07, 6.45) is 7.88. The van der Waals surface area contributed by atoms with Crippen molar-refractivity contribution in [3.63, 3.8) is 0 Å². The first-order chi connectivity index (χ1) is 16.3.